The predicted molar refractivity (Wildman–Crippen MR) is 92.7 cm³/mol. The van der Waals surface area contributed by atoms with E-state index >= 15 is 0 Å². The lowest BCUT2D eigenvalue weighted by Crippen LogP contribution is -2.46. The summed E-state index contributed by atoms with van der Waals surface area (Å²) in [4.78, 5) is 12.3. The Bertz CT molecular complexity index is 582. The Morgan fingerprint density at radius 1 is 1.09 bits per heavy atom. The molecule has 130 valence electrons. The molecule has 1 aromatic rings. The van der Waals surface area contributed by atoms with Gasteiger partial charge in [-0.05, 0) is 31.9 Å². The van der Waals surface area contributed by atoms with Crippen LogP contribution in [0.15, 0.2) is 29.2 Å². The van der Waals surface area contributed by atoms with Gasteiger partial charge in [0.05, 0.1) is 4.90 Å². The third kappa shape index (κ3) is 6.71. The first-order valence-corrected chi connectivity index (χ1v) is 9.75. The highest BCUT2D eigenvalue weighted by Crippen LogP contribution is 2.11. The maximum absolute atomic E-state index is 12.3. The number of amides is 1. The molecule has 0 aliphatic carbocycles. The second kappa shape index (κ2) is 9.67. The van der Waals surface area contributed by atoms with E-state index < -0.39 is 16.1 Å². The summed E-state index contributed by atoms with van der Waals surface area (Å²) in [5.74, 6) is -0.264. The molecule has 2 N–H and O–H groups in total. The fourth-order valence-electron chi connectivity index (χ4n) is 2.18. The quantitative estimate of drug-likeness (QED) is 0.643. The van der Waals surface area contributed by atoms with E-state index in [2.05, 4.69) is 17.0 Å². The summed E-state index contributed by atoms with van der Waals surface area (Å²) in [5, 5.41) is 2.81. The molecule has 0 aromatic heterocycles. The van der Waals surface area contributed by atoms with Gasteiger partial charge < -0.3 is 5.32 Å². The van der Waals surface area contributed by atoms with Crippen LogP contribution in [-0.2, 0) is 14.8 Å². The van der Waals surface area contributed by atoms with E-state index in [-0.39, 0.29) is 10.8 Å². The molecule has 1 amide bonds. The highest BCUT2D eigenvalue weighted by atomic mass is 32.2. The second-order valence-corrected chi connectivity index (χ2v) is 7.46. The Morgan fingerprint density at radius 3 is 2.30 bits per heavy atom. The summed E-state index contributed by atoms with van der Waals surface area (Å²) in [6, 6.07) is 5.83. The van der Waals surface area contributed by atoms with Crippen LogP contribution in [0.1, 0.15) is 51.5 Å². The van der Waals surface area contributed by atoms with Crippen molar-refractivity contribution < 1.29 is 13.2 Å². The lowest BCUT2D eigenvalue weighted by Gasteiger charge is -2.17. The van der Waals surface area contributed by atoms with E-state index in [1.54, 1.807) is 31.2 Å². The van der Waals surface area contributed by atoms with Crippen LogP contribution in [0, 0.1) is 6.92 Å². The van der Waals surface area contributed by atoms with E-state index in [1.165, 1.54) is 0 Å². The number of carbonyl (C=O) groups is 1. The molecular formula is C17H28N2O3S. The Hall–Kier alpha value is -1.40. The van der Waals surface area contributed by atoms with Crippen LogP contribution in [0.4, 0.5) is 0 Å². The third-order valence-corrected chi connectivity index (χ3v) is 5.17. The summed E-state index contributed by atoms with van der Waals surface area (Å²) in [6.07, 6.45) is 4.68. The molecule has 0 bridgehead atoms. The lowest BCUT2D eigenvalue weighted by molar-refractivity contribution is -0.122. The second-order valence-electron chi connectivity index (χ2n) is 5.75. The van der Waals surface area contributed by atoms with E-state index in [0.29, 0.717) is 13.0 Å². The zero-order valence-electron chi connectivity index (χ0n) is 14.3. The molecule has 0 radical (unpaired) electrons. The molecule has 0 heterocycles. The first kappa shape index (κ1) is 19.6. The topological polar surface area (TPSA) is 75.3 Å². The SMILES string of the molecule is CCCCCCNC(=O)[C@H](CC)NS(=O)(=O)c1ccc(C)cc1. The molecule has 5 nitrogen and oxygen atoms in total. The lowest BCUT2D eigenvalue weighted by atomic mass is 10.2. The van der Waals surface area contributed by atoms with Gasteiger partial charge in [-0.25, -0.2) is 8.42 Å². The summed E-state index contributed by atoms with van der Waals surface area (Å²) < 4.78 is 27.2. The maximum Gasteiger partial charge on any atom is 0.241 e. The van der Waals surface area contributed by atoms with Gasteiger partial charge in [0, 0.05) is 6.54 Å². The van der Waals surface area contributed by atoms with Crippen LogP contribution in [0.5, 0.6) is 0 Å². The number of hydrogen-bond donors (Lipinski definition) is 2. The van der Waals surface area contributed by atoms with E-state index in [1.807, 2.05) is 6.92 Å². The monoisotopic (exact) mass is 340 g/mol. The van der Waals surface area contributed by atoms with Crippen molar-refractivity contribution in [2.75, 3.05) is 6.54 Å². The maximum atomic E-state index is 12.3. The standard InChI is InChI=1S/C17H28N2O3S/c1-4-6-7-8-13-18-17(20)16(5-2)19-23(21,22)15-11-9-14(3)10-12-15/h9-12,16,19H,4-8,13H2,1-3H3,(H,18,20)/t16-/m0/s1. The Kier molecular flexibility index (Phi) is 8.26. The van der Waals surface area contributed by atoms with E-state index in [9.17, 15) is 13.2 Å². The molecular weight excluding hydrogens is 312 g/mol. The number of rotatable bonds is 10. The smallest absolute Gasteiger partial charge is 0.241 e. The minimum Gasteiger partial charge on any atom is -0.355 e. The van der Waals surface area contributed by atoms with Crippen LogP contribution in [0.2, 0.25) is 0 Å². The molecule has 0 saturated heterocycles. The van der Waals surface area contributed by atoms with Gasteiger partial charge in [0.15, 0.2) is 0 Å². The summed E-state index contributed by atoms with van der Waals surface area (Å²) >= 11 is 0. The first-order chi connectivity index (χ1) is 10.9. The van der Waals surface area contributed by atoms with Gasteiger partial charge in [-0.3, -0.25) is 4.79 Å². The summed E-state index contributed by atoms with van der Waals surface area (Å²) in [6.45, 7) is 6.40. The van der Waals surface area contributed by atoms with Crippen LogP contribution in [-0.4, -0.2) is 26.9 Å². The number of sulfonamides is 1. The fraction of sp³-hybridized carbons (Fsp3) is 0.588. The average molecular weight is 340 g/mol. The van der Waals surface area contributed by atoms with Gasteiger partial charge in [0.25, 0.3) is 0 Å². The van der Waals surface area contributed by atoms with E-state index in [4.69, 9.17) is 0 Å². The van der Waals surface area contributed by atoms with Gasteiger partial charge in [0.2, 0.25) is 15.9 Å². The normalized spacial score (nSPS) is 12.8. The molecule has 0 aliphatic rings. The van der Waals surface area contributed by atoms with Crippen molar-refractivity contribution >= 4 is 15.9 Å². The van der Waals surface area contributed by atoms with Crippen LogP contribution in [0.25, 0.3) is 0 Å². The Balaban J connectivity index is 2.60. The Labute approximate surface area is 139 Å². The molecule has 1 atom stereocenters. The average Bonchev–Trinajstić information content (AvgIpc) is 2.52. The number of unbranched alkanes of at least 4 members (excludes halogenated alkanes) is 3. The van der Waals surface area contributed by atoms with Crippen LogP contribution in [0.3, 0.4) is 0 Å². The highest BCUT2D eigenvalue weighted by Gasteiger charge is 2.23. The largest absolute Gasteiger partial charge is 0.355 e. The highest BCUT2D eigenvalue weighted by molar-refractivity contribution is 7.89. The van der Waals surface area contributed by atoms with Gasteiger partial charge in [-0.1, -0.05) is 50.8 Å². The van der Waals surface area contributed by atoms with Gasteiger partial charge in [0.1, 0.15) is 6.04 Å². The first-order valence-electron chi connectivity index (χ1n) is 8.27. The molecule has 0 aliphatic heterocycles. The molecule has 1 rings (SSSR count). The number of benzene rings is 1. The number of carbonyl (C=O) groups excluding carboxylic acids is 1. The summed E-state index contributed by atoms with van der Waals surface area (Å²) in [7, 11) is -3.68. The van der Waals surface area contributed by atoms with Crippen molar-refractivity contribution in [2.45, 2.75) is 63.8 Å². The minimum absolute atomic E-state index is 0.178. The van der Waals surface area contributed by atoms with Crippen molar-refractivity contribution in [3.63, 3.8) is 0 Å². The third-order valence-electron chi connectivity index (χ3n) is 3.68. The Morgan fingerprint density at radius 2 is 1.74 bits per heavy atom. The number of nitrogens with one attached hydrogen (secondary N) is 2. The molecule has 0 fully saturated rings. The predicted octanol–water partition coefficient (Wildman–Crippen LogP) is 2.75. The van der Waals surface area contributed by atoms with Gasteiger partial charge in [-0.15, -0.1) is 0 Å². The zero-order chi connectivity index (χ0) is 17.3. The number of aryl methyl sites for hydroxylation is 1. The van der Waals surface area contributed by atoms with Crippen LogP contribution >= 0.6 is 0 Å². The molecule has 6 heteroatoms. The number of hydrogen-bond acceptors (Lipinski definition) is 3. The van der Waals surface area contributed by atoms with Crippen LogP contribution < -0.4 is 10.0 Å². The van der Waals surface area contributed by atoms with Crippen molar-refractivity contribution in [1.82, 2.24) is 10.0 Å². The van der Waals surface area contributed by atoms with Gasteiger partial charge in [-0.2, -0.15) is 4.72 Å². The molecule has 0 unspecified atom stereocenters. The van der Waals surface area contributed by atoms with Crippen molar-refractivity contribution in [1.29, 1.82) is 0 Å². The van der Waals surface area contributed by atoms with E-state index in [0.717, 1.165) is 31.2 Å². The molecule has 0 spiro atoms. The minimum atomic E-state index is -3.68. The van der Waals surface area contributed by atoms with Crippen molar-refractivity contribution in [2.24, 2.45) is 0 Å². The molecule has 0 saturated carbocycles. The molecule has 1 aromatic carbocycles. The van der Waals surface area contributed by atoms with Crippen molar-refractivity contribution in [3.8, 4) is 0 Å². The zero-order valence-corrected chi connectivity index (χ0v) is 15.1. The summed E-state index contributed by atoms with van der Waals surface area (Å²) in [5.41, 5.74) is 0.987. The van der Waals surface area contributed by atoms with Gasteiger partial charge >= 0.3 is 0 Å². The molecule has 23 heavy (non-hydrogen) atoms. The van der Waals surface area contributed by atoms with Crippen molar-refractivity contribution in [3.05, 3.63) is 29.8 Å². The fourth-order valence-corrected chi connectivity index (χ4v) is 3.46.